The first-order valence-corrected chi connectivity index (χ1v) is 16.5. The molecule has 1 unspecified atom stereocenters. The molecular weight excluding hydrogens is 588 g/mol. The molecule has 228 valence electrons. The van der Waals surface area contributed by atoms with Crippen LogP contribution in [0.3, 0.4) is 0 Å². The van der Waals surface area contributed by atoms with Gasteiger partial charge in [-0.2, -0.15) is 0 Å². The number of ether oxygens (including phenoxy) is 1. The van der Waals surface area contributed by atoms with Crippen LogP contribution in [0.2, 0.25) is 5.02 Å². The second-order valence-corrected chi connectivity index (χ2v) is 12.8. The van der Waals surface area contributed by atoms with E-state index in [1.54, 1.807) is 6.20 Å². The number of benzene rings is 3. The second kappa shape index (κ2) is 14.7. The smallest absolute Gasteiger partial charge is 0.316 e. The summed E-state index contributed by atoms with van der Waals surface area (Å²) in [4.78, 5) is 21.1. The van der Waals surface area contributed by atoms with Crippen LogP contribution in [0.5, 0.6) is 5.75 Å². The van der Waals surface area contributed by atoms with Crippen LogP contribution in [-0.4, -0.2) is 21.0 Å². The van der Waals surface area contributed by atoms with Crippen LogP contribution in [0.25, 0.3) is 11.3 Å². The molecule has 0 fully saturated rings. The zero-order chi connectivity index (χ0) is 30.9. The largest absolute Gasteiger partial charge is 0.488 e. The molecule has 0 spiro atoms. The van der Waals surface area contributed by atoms with Crippen molar-refractivity contribution in [1.82, 2.24) is 9.97 Å². The maximum absolute atomic E-state index is 13.0. The van der Waals surface area contributed by atoms with Gasteiger partial charge in [0.1, 0.15) is 17.8 Å². The van der Waals surface area contributed by atoms with Gasteiger partial charge >= 0.3 is 5.97 Å². The van der Waals surface area contributed by atoms with Crippen LogP contribution in [0.1, 0.15) is 72.8 Å². The first-order chi connectivity index (χ1) is 21.4. The number of carboxylic acid groups (broad SMARTS) is 1. The van der Waals surface area contributed by atoms with Crippen LogP contribution in [-0.2, 0) is 29.7 Å². The number of H-pyrrole nitrogens is 1. The average Bonchev–Trinajstić information content (AvgIpc) is 3.74. The Hall–Kier alpha value is -3.87. The summed E-state index contributed by atoms with van der Waals surface area (Å²) >= 11 is 7.88. The lowest BCUT2D eigenvalue weighted by atomic mass is 9.76. The highest BCUT2D eigenvalue weighted by Gasteiger charge is 2.42. The lowest BCUT2D eigenvalue weighted by Crippen LogP contribution is -2.40. The molecule has 44 heavy (non-hydrogen) atoms. The fraction of sp³-hybridized carbons (Fsp3) is 0.297. The Balaban J connectivity index is 1.37. The molecule has 1 atom stereocenters. The zero-order valence-electron chi connectivity index (χ0n) is 25.3. The number of nitrogens with zero attached hydrogens (tertiary/aromatic N) is 1. The minimum atomic E-state index is -1.20. The number of aliphatic carboxylic acids is 1. The SMILES string of the molecule is CCCC(CCC)c1ccc(COc2ccc(Cl)cc2-c2csc(CC(Cc3ccccc3)(C(=O)O)c3ccc[nH]3)n2)cc1. The molecule has 0 bridgehead atoms. The van der Waals surface area contributed by atoms with Crippen molar-refractivity contribution in [2.24, 2.45) is 0 Å². The van der Waals surface area contributed by atoms with E-state index in [-0.39, 0.29) is 6.42 Å². The van der Waals surface area contributed by atoms with Crippen molar-refractivity contribution in [3.8, 4) is 17.0 Å². The standard InChI is InChI=1S/C37H39ClN2O3S/c1-3-9-28(10-4-2)29-16-14-27(15-17-29)24-43-33-19-18-30(38)21-31(33)32-25-44-35(40-32)23-37(36(41)42,34-13-8-20-39-34)22-26-11-6-5-7-12-26/h5-8,11-21,25,28,39H,3-4,9-10,22-24H2,1-2H3,(H,41,42). The molecule has 7 heteroatoms. The van der Waals surface area contributed by atoms with E-state index in [1.165, 1.54) is 42.6 Å². The Morgan fingerprint density at radius 1 is 0.955 bits per heavy atom. The van der Waals surface area contributed by atoms with E-state index in [1.807, 2.05) is 66.0 Å². The van der Waals surface area contributed by atoms with Gasteiger partial charge in [-0.15, -0.1) is 11.3 Å². The van der Waals surface area contributed by atoms with Crippen LogP contribution in [0.15, 0.2) is 96.5 Å². The van der Waals surface area contributed by atoms with E-state index in [4.69, 9.17) is 21.3 Å². The number of nitrogens with one attached hydrogen (secondary N) is 1. The van der Waals surface area contributed by atoms with Gasteiger partial charge in [0.25, 0.3) is 0 Å². The van der Waals surface area contributed by atoms with E-state index in [2.05, 4.69) is 43.1 Å². The number of thiazole rings is 1. The molecule has 0 aliphatic carbocycles. The highest BCUT2D eigenvalue weighted by Crippen LogP contribution is 2.37. The van der Waals surface area contributed by atoms with Crippen molar-refractivity contribution in [3.63, 3.8) is 0 Å². The third kappa shape index (κ3) is 7.43. The molecule has 0 aliphatic rings. The normalized spacial score (nSPS) is 12.7. The van der Waals surface area contributed by atoms with Crippen molar-refractivity contribution in [3.05, 3.63) is 129 Å². The lowest BCUT2D eigenvalue weighted by Gasteiger charge is -2.28. The quantitative estimate of drug-likeness (QED) is 0.121. The van der Waals surface area contributed by atoms with Crippen LogP contribution in [0.4, 0.5) is 0 Å². The zero-order valence-corrected chi connectivity index (χ0v) is 26.8. The van der Waals surface area contributed by atoms with Crippen molar-refractivity contribution < 1.29 is 14.6 Å². The van der Waals surface area contributed by atoms with Gasteiger partial charge < -0.3 is 14.8 Å². The Labute approximate surface area is 268 Å². The lowest BCUT2D eigenvalue weighted by molar-refractivity contribution is -0.144. The van der Waals surface area contributed by atoms with Gasteiger partial charge in [0.15, 0.2) is 0 Å². The molecular formula is C37H39ClN2O3S. The monoisotopic (exact) mass is 626 g/mol. The summed E-state index contributed by atoms with van der Waals surface area (Å²) in [6, 6.07) is 27.7. The molecule has 0 aliphatic heterocycles. The summed E-state index contributed by atoms with van der Waals surface area (Å²) in [6.07, 6.45) is 7.12. The Kier molecular flexibility index (Phi) is 10.6. The highest BCUT2D eigenvalue weighted by molar-refractivity contribution is 7.10. The Bertz CT molecular complexity index is 1630. The van der Waals surface area contributed by atoms with E-state index in [9.17, 15) is 9.90 Å². The van der Waals surface area contributed by atoms with Gasteiger partial charge in [0.2, 0.25) is 0 Å². The number of hydrogen-bond acceptors (Lipinski definition) is 4. The molecule has 3 aromatic carbocycles. The number of carboxylic acids is 1. The summed E-state index contributed by atoms with van der Waals surface area (Å²) in [5, 5.41) is 13.9. The van der Waals surface area contributed by atoms with Crippen molar-refractivity contribution >= 4 is 28.9 Å². The molecule has 2 aromatic heterocycles. The molecule has 5 rings (SSSR count). The maximum atomic E-state index is 13.0. The number of carbonyl (C=O) groups is 1. The topological polar surface area (TPSA) is 75.2 Å². The van der Waals surface area contributed by atoms with Crippen LogP contribution < -0.4 is 4.74 Å². The minimum absolute atomic E-state index is 0.239. The molecule has 5 nitrogen and oxygen atoms in total. The third-order valence-electron chi connectivity index (χ3n) is 8.21. The molecule has 0 amide bonds. The average molecular weight is 627 g/mol. The number of rotatable bonds is 15. The van der Waals surface area contributed by atoms with E-state index in [0.29, 0.717) is 41.1 Å². The molecule has 2 N–H and O–H groups in total. The first kappa shape index (κ1) is 31.6. The van der Waals surface area contributed by atoms with Crippen molar-refractivity contribution in [1.29, 1.82) is 0 Å². The molecule has 0 saturated heterocycles. The van der Waals surface area contributed by atoms with Gasteiger partial charge in [0.05, 0.1) is 10.7 Å². The summed E-state index contributed by atoms with van der Waals surface area (Å²) < 4.78 is 6.32. The second-order valence-electron chi connectivity index (χ2n) is 11.4. The van der Waals surface area contributed by atoms with E-state index >= 15 is 0 Å². The summed E-state index contributed by atoms with van der Waals surface area (Å²) in [5.41, 5.74) is 4.39. The number of aromatic nitrogens is 2. The van der Waals surface area contributed by atoms with E-state index in [0.717, 1.165) is 21.7 Å². The highest BCUT2D eigenvalue weighted by atomic mass is 35.5. The van der Waals surface area contributed by atoms with Crippen molar-refractivity contribution in [2.75, 3.05) is 0 Å². The van der Waals surface area contributed by atoms with Crippen LogP contribution in [0, 0.1) is 0 Å². The predicted octanol–water partition coefficient (Wildman–Crippen LogP) is 9.86. The fourth-order valence-electron chi connectivity index (χ4n) is 5.92. The van der Waals surface area contributed by atoms with Crippen LogP contribution >= 0.6 is 22.9 Å². The van der Waals surface area contributed by atoms with Gasteiger partial charge in [-0.3, -0.25) is 4.79 Å². The van der Waals surface area contributed by atoms with Gasteiger partial charge in [-0.25, -0.2) is 4.98 Å². The summed E-state index contributed by atoms with van der Waals surface area (Å²) in [6.45, 7) is 4.91. The maximum Gasteiger partial charge on any atom is 0.316 e. The number of hydrogen-bond donors (Lipinski definition) is 2. The fourth-order valence-corrected chi connectivity index (χ4v) is 7.00. The third-order valence-corrected chi connectivity index (χ3v) is 9.30. The molecule has 5 aromatic rings. The Morgan fingerprint density at radius 2 is 1.70 bits per heavy atom. The number of aromatic amines is 1. The molecule has 0 radical (unpaired) electrons. The van der Waals surface area contributed by atoms with Gasteiger partial charge in [0, 0.05) is 34.3 Å². The summed E-state index contributed by atoms with van der Waals surface area (Å²) in [7, 11) is 0. The first-order valence-electron chi connectivity index (χ1n) is 15.3. The predicted molar refractivity (Wildman–Crippen MR) is 180 cm³/mol. The molecule has 2 heterocycles. The van der Waals surface area contributed by atoms with Crippen molar-refractivity contribution in [2.45, 2.75) is 70.3 Å². The molecule has 0 saturated carbocycles. The minimum Gasteiger partial charge on any atom is -0.488 e. The summed E-state index contributed by atoms with van der Waals surface area (Å²) in [5.74, 6) is 0.392. The van der Waals surface area contributed by atoms with Gasteiger partial charge in [-0.1, -0.05) is 92.9 Å². The van der Waals surface area contributed by atoms with Gasteiger partial charge in [-0.05, 0) is 72.2 Å². The van der Waals surface area contributed by atoms with E-state index < -0.39 is 11.4 Å². The Morgan fingerprint density at radius 3 is 2.36 bits per heavy atom. The number of halogens is 1.